The van der Waals surface area contributed by atoms with Crippen LogP contribution in [-0.2, 0) is 0 Å². The molecule has 0 aliphatic carbocycles. The summed E-state index contributed by atoms with van der Waals surface area (Å²) in [4.78, 5) is 39.5. The van der Waals surface area contributed by atoms with Crippen LogP contribution >= 0.6 is 0 Å². The number of carbonyl (C=O) groups is 1. The van der Waals surface area contributed by atoms with Gasteiger partial charge >= 0.3 is 5.91 Å². The van der Waals surface area contributed by atoms with Crippen molar-refractivity contribution >= 4 is 33.6 Å². The number of nitrogens with zero attached hydrogens (tertiary/aromatic N) is 4. The molecule has 0 spiro atoms. The number of carbonyl (C=O) groups excluding carboxylic acids is 1. The van der Waals surface area contributed by atoms with Gasteiger partial charge in [0.15, 0.2) is 5.76 Å². The summed E-state index contributed by atoms with van der Waals surface area (Å²) in [7, 11) is 0. The first-order valence-corrected chi connectivity index (χ1v) is 12.9. The van der Waals surface area contributed by atoms with Crippen molar-refractivity contribution in [2.24, 2.45) is 5.10 Å². The van der Waals surface area contributed by atoms with Crippen molar-refractivity contribution in [2.45, 2.75) is 19.4 Å². The maximum Gasteiger partial charge on any atom is 0.310 e. The Labute approximate surface area is 228 Å². The zero-order valence-corrected chi connectivity index (χ0v) is 21.5. The Morgan fingerprint density at radius 1 is 0.925 bits per heavy atom. The number of amides is 1. The molecular weight excluding hydrogens is 502 g/mol. The van der Waals surface area contributed by atoms with Crippen LogP contribution in [0.25, 0.3) is 33.1 Å². The summed E-state index contributed by atoms with van der Waals surface area (Å²) >= 11 is 0. The minimum absolute atomic E-state index is 0.160. The molecule has 4 heterocycles. The van der Waals surface area contributed by atoms with Crippen molar-refractivity contribution in [1.29, 1.82) is 0 Å². The number of rotatable bonds is 4. The predicted molar refractivity (Wildman–Crippen MR) is 153 cm³/mol. The number of H-pyrrole nitrogens is 1. The van der Waals surface area contributed by atoms with Crippen molar-refractivity contribution in [3.8, 4) is 11.1 Å². The van der Waals surface area contributed by atoms with Crippen molar-refractivity contribution < 1.29 is 9.21 Å². The quantitative estimate of drug-likeness (QED) is 0.303. The molecule has 1 aliphatic rings. The Morgan fingerprint density at radius 3 is 2.58 bits per heavy atom. The van der Waals surface area contributed by atoms with E-state index in [2.05, 4.69) is 15.0 Å². The molecule has 3 aromatic carbocycles. The first kappa shape index (κ1) is 23.7. The lowest BCUT2D eigenvalue weighted by Crippen LogP contribution is -2.27. The van der Waals surface area contributed by atoms with E-state index < -0.39 is 11.9 Å². The van der Waals surface area contributed by atoms with Crippen molar-refractivity contribution in [3.63, 3.8) is 0 Å². The van der Waals surface area contributed by atoms with Gasteiger partial charge in [-0.2, -0.15) is 5.10 Å². The molecule has 0 radical (unpaired) electrons. The van der Waals surface area contributed by atoms with Crippen LogP contribution in [0.3, 0.4) is 0 Å². The number of hydrazone groups is 1. The Morgan fingerprint density at radius 2 is 1.75 bits per heavy atom. The highest BCUT2D eigenvalue weighted by atomic mass is 16.3. The van der Waals surface area contributed by atoms with Crippen molar-refractivity contribution in [1.82, 2.24) is 20.0 Å². The third-order valence-corrected chi connectivity index (χ3v) is 7.29. The van der Waals surface area contributed by atoms with E-state index in [9.17, 15) is 9.59 Å². The number of para-hydroxylation sites is 2. The van der Waals surface area contributed by atoms with Gasteiger partial charge in [-0.15, -0.1) is 0 Å². The summed E-state index contributed by atoms with van der Waals surface area (Å²) < 4.78 is 5.45. The highest BCUT2D eigenvalue weighted by Crippen LogP contribution is 2.39. The Bertz CT molecular complexity index is 1990. The maximum atomic E-state index is 13.8. The third-order valence-electron chi connectivity index (χ3n) is 7.29. The Balaban J connectivity index is 1.46. The van der Waals surface area contributed by atoms with Crippen LogP contribution in [0.15, 0.2) is 112 Å². The number of aromatic amines is 1. The molecule has 8 nitrogen and oxygen atoms in total. The SMILES string of the molecule is Cc1ccc(-c2c(C3=NN(C(=O)c4ccco4)C(c4cccc5nccnc45)C3)c(=O)[nH]c3ccccc23)cc1. The molecule has 0 fully saturated rings. The second-order valence-corrected chi connectivity index (χ2v) is 9.78. The molecule has 194 valence electrons. The zero-order chi connectivity index (χ0) is 27.2. The van der Waals surface area contributed by atoms with Crippen LogP contribution in [0.1, 0.15) is 39.7 Å². The second kappa shape index (κ2) is 9.43. The number of nitrogens with one attached hydrogen (secondary N) is 1. The summed E-state index contributed by atoms with van der Waals surface area (Å²) in [6.45, 7) is 2.03. The number of hydrogen-bond acceptors (Lipinski definition) is 6. The molecule has 1 amide bonds. The lowest BCUT2D eigenvalue weighted by Gasteiger charge is -2.21. The second-order valence-electron chi connectivity index (χ2n) is 9.78. The molecule has 0 saturated carbocycles. The minimum Gasteiger partial charge on any atom is -0.459 e. The molecule has 7 rings (SSSR count). The van der Waals surface area contributed by atoms with Gasteiger partial charge in [-0.1, -0.05) is 60.2 Å². The van der Waals surface area contributed by atoms with Crippen molar-refractivity contribution in [3.05, 3.63) is 130 Å². The van der Waals surface area contributed by atoms with Crippen LogP contribution < -0.4 is 5.56 Å². The smallest absolute Gasteiger partial charge is 0.310 e. The largest absolute Gasteiger partial charge is 0.459 e. The van der Waals surface area contributed by atoms with Gasteiger partial charge in [0.25, 0.3) is 5.56 Å². The van der Waals surface area contributed by atoms with Gasteiger partial charge in [0.2, 0.25) is 0 Å². The molecule has 1 unspecified atom stereocenters. The molecule has 40 heavy (non-hydrogen) atoms. The highest BCUT2D eigenvalue weighted by Gasteiger charge is 2.37. The number of aromatic nitrogens is 3. The molecule has 0 saturated heterocycles. The van der Waals surface area contributed by atoms with E-state index in [1.165, 1.54) is 11.3 Å². The summed E-state index contributed by atoms with van der Waals surface area (Å²) in [5, 5.41) is 7.13. The van der Waals surface area contributed by atoms with Gasteiger partial charge in [0, 0.05) is 40.8 Å². The van der Waals surface area contributed by atoms with Gasteiger partial charge < -0.3 is 9.40 Å². The van der Waals surface area contributed by atoms with Crippen LogP contribution in [0.4, 0.5) is 0 Å². The number of aryl methyl sites for hydroxylation is 1. The fourth-order valence-electron chi connectivity index (χ4n) is 5.43. The summed E-state index contributed by atoms with van der Waals surface area (Å²) in [6, 6.07) is 24.2. The average molecular weight is 526 g/mol. The lowest BCUT2D eigenvalue weighted by molar-refractivity contribution is 0.0679. The zero-order valence-electron chi connectivity index (χ0n) is 21.5. The lowest BCUT2D eigenvalue weighted by atomic mass is 9.90. The molecule has 1 N–H and O–H groups in total. The highest BCUT2D eigenvalue weighted by molar-refractivity contribution is 6.13. The molecular formula is C32H23N5O3. The van der Waals surface area contributed by atoms with Crippen LogP contribution in [0.2, 0.25) is 0 Å². The number of hydrogen-bond donors (Lipinski definition) is 1. The standard InChI is InChI=1S/C32H23N5O3/c1-19-11-13-20(14-12-19)28-21-6-2-3-8-23(21)35-31(38)29(28)25-18-26(37(36-25)32(39)27-10-5-17-40-27)22-7-4-9-24-30(22)34-16-15-33-24/h2-17,26H,18H2,1H3,(H,35,38). The van der Waals surface area contributed by atoms with Gasteiger partial charge in [-0.25, -0.2) is 5.01 Å². The Hall–Kier alpha value is -5.37. The maximum absolute atomic E-state index is 13.8. The number of furan rings is 1. The third kappa shape index (κ3) is 3.89. The van der Waals surface area contributed by atoms with E-state index in [4.69, 9.17) is 9.52 Å². The van der Waals surface area contributed by atoms with Gasteiger partial charge in [-0.05, 0) is 36.8 Å². The van der Waals surface area contributed by atoms with E-state index >= 15 is 0 Å². The molecule has 1 atom stereocenters. The fourth-order valence-corrected chi connectivity index (χ4v) is 5.43. The number of pyridine rings is 1. The van der Waals surface area contributed by atoms with Crippen LogP contribution in [0, 0.1) is 6.92 Å². The molecule has 6 aromatic rings. The summed E-state index contributed by atoms with van der Waals surface area (Å²) in [5.74, 6) is -0.243. The molecule has 0 bridgehead atoms. The Kier molecular flexibility index (Phi) is 5.59. The minimum atomic E-state index is -0.523. The predicted octanol–water partition coefficient (Wildman–Crippen LogP) is 6.03. The first-order chi connectivity index (χ1) is 19.6. The van der Waals surface area contributed by atoms with E-state index in [1.807, 2.05) is 73.7 Å². The van der Waals surface area contributed by atoms with Crippen LogP contribution in [-0.4, -0.2) is 31.6 Å². The fraction of sp³-hybridized carbons (Fsp3) is 0.0938. The van der Waals surface area contributed by atoms with Crippen LogP contribution in [0.5, 0.6) is 0 Å². The molecule has 8 heteroatoms. The van der Waals surface area contributed by atoms with E-state index in [1.54, 1.807) is 24.5 Å². The van der Waals surface area contributed by atoms with Gasteiger partial charge in [0.05, 0.1) is 34.6 Å². The molecule has 1 aliphatic heterocycles. The number of benzene rings is 3. The monoisotopic (exact) mass is 525 g/mol. The van der Waals surface area contributed by atoms with E-state index in [-0.39, 0.29) is 11.3 Å². The van der Waals surface area contributed by atoms with E-state index in [0.29, 0.717) is 28.7 Å². The topological polar surface area (TPSA) is 104 Å². The first-order valence-electron chi connectivity index (χ1n) is 12.9. The summed E-state index contributed by atoms with van der Waals surface area (Å²) in [5.41, 5.74) is 6.38. The van der Waals surface area contributed by atoms with Gasteiger partial charge in [0.1, 0.15) is 0 Å². The number of fused-ring (bicyclic) bond motifs is 2. The van der Waals surface area contributed by atoms with Gasteiger partial charge in [-0.3, -0.25) is 19.6 Å². The summed E-state index contributed by atoms with van der Waals surface area (Å²) in [6.07, 6.45) is 5.03. The molecule has 3 aromatic heterocycles. The average Bonchev–Trinajstić information content (AvgIpc) is 3.67. The normalized spacial score (nSPS) is 15.1. The van der Waals surface area contributed by atoms with Crippen molar-refractivity contribution in [2.75, 3.05) is 0 Å². The van der Waals surface area contributed by atoms with E-state index in [0.717, 1.165) is 33.2 Å².